The van der Waals surface area contributed by atoms with Gasteiger partial charge in [-0.1, -0.05) is 19.1 Å². The molecule has 0 radical (unpaired) electrons. The Morgan fingerprint density at radius 2 is 1.56 bits per heavy atom. The molecule has 8 heteroatoms. The summed E-state index contributed by atoms with van der Waals surface area (Å²) in [6, 6.07) is 9.00. The third-order valence-corrected chi connectivity index (χ3v) is 6.52. The molecule has 1 saturated heterocycles. The molecule has 1 unspecified atom stereocenters. The first kappa shape index (κ1) is 27.3. The minimum Gasteiger partial charge on any atom is -0.352 e. The highest BCUT2D eigenvalue weighted by Crippen LogP contribution is 2.16. The first-order valence-electron chi connectivity index (χ1n) is 12.6. The third-order valence-electron chi connectivity index (χ3n) is 6.52. The molecule has 2 aromatic rings. The molecule has 1 aliphatic heterocycles. The van der Waals surface area contributed by atoms with Crippen LogP contribution in [0.15, 0.2) is 36.4 Å². The Balaban J connectivity index is 1.41. The molecule has 6 nitrogen and oxygen atoms in total. The Kier molecular flexibility index (Phi) is 9.96. The minimum absolute atomic E-state index is 0.0135. The fraction of sp³-hybridized carbons (Fsp3) is 0.464. The van der Waals surface area contributed by atoms with Crippen molar-refractivity contribution in [1.29, 1.82) is 0 Å². The van der Waals surface area contributed by atoms with Gasteiger partial charge in [0.15, 0.2) is 0 Å². The summed E-state index contributed by atoms with van der Waals surface area (Å²) in [6.45, 7) is 5.78. The van der Waals surface area contributed by atoms with E-state index >= 15 is 0 Å². The number of nitrogens with one attached hydrogen (secondary N) is 2. The van der Waals surface area contributed by atoms with Gasteiger partial charge in [0.1, 0.15) is 11.6 Å². The Morgan fingerprint density at radius 3 is 2.22 bits per heavy atom. The van der Waals surface area contributed by atoms with Crippen molar-refractivity contribution in [3.8, 4) is 0 Å². The molecular weight excluding hydrogens is 464 g/mol. The second-order valence-electron chi connectivity index (χ2n) is 9.60. The number of piperidine rings is 1. The van der Waals surface area contributed by atoms with E-state index in [0.29, 0.717) is 19.4 Å². The number of likely N-dealkylation sites (tertiary alicyclic amines) is 1. The molecule has 3 rings (SSSR count). The molecule has 1 atom stereocenters. The van der Waals surface area contributed by atoms with Crippen LogP contribution in [-0.2, 0) is 11.2 Å². The zero-order valence-corrected chi connectivity index (χ0v) is 21.0. The summed E-state index contributed by atoms with van der Waals surface area (Å²) >= 11 is 0. The van der Waals surface area contributed by atoms with Crippen LogP contribution < -0.4 is 10.6 Å². The van der Waals surface area contributed by atoms with Gasteiger partial charge in [-0.05, 0) is 80.3 Å². The number of halogens is 2. The van der Waals surface area contributed by atoms with E-state index in [1.165, 1.54) is 24.3 Å². The largest absolute Gasteiger partial charge is 0.352 e. The van der Waals surface area contributed by atoms with Crippen molar-refractivity contribution in [2.24, 2.45) is 5.92 Å². The minimum atomic E-state index is -0.608. The SMILES string of the molecule is Cc1ccc(C(=O)NCC(C)CCc2ccc(C(=O)NCCC(=O)N3CCCCC3)c(F)c2)c(F)c1. The van der Waals surface area contributed by atoms with Crippen molar-refractivity contribution in [2.75, 3.05) is 26.2 Å². The van der Waals surface area contributed by atoms with E-state index in [-0.39, 0.29) is 35.9 Å². The van der Waals surface area contributed by atoms with Crippen molar-refractivity contribution in [2.45, 2.75) is 52.4 Å². The molecule has 194 valence electrons. The highest BCUT2D eigenvalue weighted by atomic mass is 19.1. The van der Waals surface area contributed by atoms with Crippen molar-refractivity contribution in [3.63, 3.8) is 0 Å². The molecule has 2 aromatic carbocycles. The molecule has 0 spiro atoms. The van der Waals surface area contributed by atoms with Gasteiger partial charge < -0.3 is 15.5 Å². The van der Waals surface area contributed by atoms with Crippen molar-refractivity contribution < 1.29 is 23.2 Å². The lowest BCUT2D eigenvalue weighted by atomic mass is 9.99. The van der Waals surface area contributed by atoms with Gasteiger partial charge in [0.2, 0.25) is 5.91 Å². The number of benzene rings is 2. The molecule has 2 N–H and O–H groups in total. The van der Waals surface area contributed by atoms with Crippen LogP contribution >= 0.6 is 0 Å². The van der Waals surface area contributed by atoms with Crippen LogP contribution in [0.2, 0.25) is 0 Å². The second-order valence-corrected chi connectivity index (χ2v) is 9.60. The molecule has 0 saturated carbocycles. The van der Waals surface area contributed by atoms with Crippen LogP contribution in [0.1, 0.15) is 70.9 Å². The van der Waals surface area contributed by atoms with E-state index in [1.54, 1.807) is 19.1 Å². The molecule has 0 aliphatic carbocycles. The highest BCUT2D eigenvalue weighted by Gasteiger charge is 2.18. The van der Waals surface area contributed by atoms with Gasteiger partial charge >= 0.3 is 0 Å². The summed E-state index contributed by atoms with van der Waals surface area (Å²) in [5.41, 5.74) is 1.45. The van der Waals surface area contributed by atoms with Crippen LogP contribution in [0.4, 0.5) is 8.78 Å². The van der Waals surface area contributed by atoms with E-state index in [4.69, 9.17) is 0 Å². The fourth-order valence-corrected chi connectivity index (χ4v) is 4.26. The predicted octanol–water partition coefficient (Wildman–Crippen LogP) is 4.40. The summed E-state index contributed by atoms with van der Waals surface area (Å²) in [6.07, 6.45) is 4.61. The molecular formula is C28H35F2N3O3. The molecule has 1 aliphatic rings. The maximum atomic E-state index is 14.6. The lowest BCUT2D eigenvalue weighted by molar-refractivity contribution is -0.131. The summed E-state index contributed by atoms with van der Waals surface area (Å²) in [5, 5.41) is 5.38. The van der Waals surface area contributed by atoms with Gasteiger partial charge in [-0.15, -0.1) is 0 Å². The Bertz CT molecular complexity index is 1080. The molecule has 0 aromatic heterocycles. The fourth-order valence-electron chi connectivity index (χ4n) is 4.26. The number of hydrogen-bond donors (Lipinski definition) is 2. The van der Waals surface area contributed by atoms with E-state index in [9.17, 15) is 23.2 Å². The van der Waals surface area contributed by atoms with Crippen LogP contribution in [0.3, 0.4) is 0 Å². The highest BCUT2D eigenvalue weighted by molar-refractivity contribution is 5.95. The van der Waals surface area contributed by atoms with E-state index in [0.717, 1.165) is 43.5 Å². The summed E-state index contributed by atoms with van der Waals surface area (Å²) in [5.74, 6) is -2.05. The molecule has 3 amide bonds. The number of nitrogens with zero attached hydrogens (tertiary/aromatic N) is 1. The smallest absolute Gasteiger partial charge is 0.254 e. The average molecular weight is 500 g/mol. The number of rotatable bonds is 10. The third kappa shape index (κ3) is 7.86. The van der Waals surface area contributed by atoms with Crippen LogP contribution in [0.25, 0.3) is 0 Å². The standard InChI is InChI=1S/C28H35F2N3O3/c1-19-7-10-22(24(29)16-19)28(36)32-18-20(2)6-8-21-9-11-23(25(30)17-21)27(35)31-13-12-26(34)33-14-4-3-5-15-33/h7,9-11,16-17,20H,3-6,8,12-15,18H2,1-2H3,(H,31,35)(H,32,36). The number of aryl methyl sites for hydroxylation is 2. The maximum Gasteiger partial charge on any atom is 0.254 e. The van der Waals surface area contributed by atoms with Crippen LogP contribution in [0, 0.1) is 24.5 Å². The van der Waals surface area contributed by atoms with Gasteiger partial charge in [0, 0.05) is 32.6 Å². The number of hydrogen-bond acceptors (Lipinski definition) is 3. The van der Waals surface area contributed by atoms with E-state index < -0.39 is 23.4 Å². The molecule has 36 heavy (non-hydrogen) atoms. The van der Waals surface area contributed by atoms with Crippen molar-refractivity contribution in [3.05, 3.63) is 70.3 Å². The van der Waals surface area contributed by atoms with Gasteiger partial charge in [-0.25, -0.2) is 8.78 Å². The quantitative estimate of drug-likeness (QED) is 0.509. The molecule has 1 heterocycles. The zero-order chi connectivity index (χ0) is 26.1. The maximum absolute atomic E-state index is 14.6. The van der Waals surface area contributed by atoms with Crippen LogP contribution in [-0.4, -0.2) is 48.8 Å². The number of amides is 3. The Labute approximate surface area is 211 Å². The number of carbonyl (C=O) groups is 3. The van der Waals surface area contributed by atoms with E-state index in [2.05, 4.69) is 10.6 Å². The second kappa shape index (κ2) is 13.1. The summed E-state index contributed by atoms with van der Waals surface area (Å²) < 4.78 is 28.5. The Morgan fingerprint density at radius 1 is 0.917 bits per heavy atom. The van der Waals surface area contributed by atoms with Crippen LogP contribution in [0.5, 0.6) is 0 Å². The van der Waals surface area contributed by atoms with Gasteiger partial charge in [-0.2, -0.15) is 0 Å². The lowest BCUT2D eigenvalue weighted by Gasteiger charge is -2.26. The first-order valence-corrected chi connectivity index (χ1v) is 12.6. The van der Waals surface area contributed by atoms with Gasteiger partial charge in [0.25, 0.3) is 11.8 Å². The summed E-state index contributed by atoms with van der Waals surface area (Å²) in [4.78, 5) is 38.6. The molecule has 0 bridgehead atoms. The predicted molar refractivity (Wildman–Crippen MR) is 135 cm³/mol. The normalized spacial score (nSPS) is 14.3. The van der Waals surface area contributed by atoms with E-state index in [1.807, 2.05) is 11.8 Å². The topological polar surface area (TPSA) is 78.5 Å². The first-order chi connectivity index (χ1) is 17.2. The average Bonchev–Trinajstić information content (AvgIpc) is 2.86. The summed E-state index contributed by atoms with van der Waals surface area (Å²) in [7, 11) is 0. The number of carbonyl (C=O) groups excluding carboxylic acids is 3. The van der Waals surface area contributed by atoms with Gasteiger partial charge in [-0.3, -0.25) is 14.4 Å². The zero-order valence-electron chi connectivity index (χ0n) is 21.0. The van der Waals surface area contributed by atoms with Gasteiger partial charge in [0.05, 0.1) is 11.1 Å². The monoisotopic (exact) mass is 499 g/mol. The van der Waals surface area contributed by atoms with Crippen molar-refractivity contribution in [1.82, 2.24) is 15.5 Å². The molecule has 1 fully saturated rings. The lowest BCUT2D eigenvalue weighted by Crippen LogP contribution is -2.37. The Hall–Kier alpha value is -3.29. The van der Waals surface area contributed by atoms with Crippen molar-refractivity contribution >= 4 is 17.7 Å².